The molecule has 2 rings (SSSR count). The number of benzene rings is 2. The van der Waals surface area contributed by atoms with E-state index in [1.165, 1.54) is 17.0 Å². The second-order valence-electron chi connectivity index (χ2n) is 7.38. The Balaban J connectivity index is 2.23. The minimum atomic E-state index is -0.697. The Morgan fingerprint density at radius 1 is 1.07 bits per heavy atom. The van der Waals surface area contributed by atoms with Crippen LogP contribution in [0.2, 0.25) is 10.0 Å². The zero-order chi connectivity index (χ0) is 21.6. The van der Waals surface area contributed by atoms with Gasteiger partial charge in [0.05, 0.1) is 6.42 Å². The van der Waals surface area contributed by atoms with Crippen LogP contribution in [0.5, 0.6) is 0 Å². The van der Waals surface area contributed by atoms with Crippen molar-refractivity contribution in [1.82, 2.24) is 10.2 Å². The van der Waals surface area contributed by atoms with E-state index in [0.717, 1.165) is 5.56 Å². The Hall–Kier alpha value is -2.11. The largest absolute Gasteiger partial charge is 0.354 e. The van der Waals surface area contributed by atoms with Crippen LogP contribution in [-0.2, 0) is 22.6 Å². The second-order valence-corrected chi connectivity index (χ2v) is 8.22. The maximum Gasteiger partial charge on any atom is 0.242 e. The molecule has 1 unspecified atom stereocenters. The zero-order valence-corrected chi connectivity index (χ0v) is 18.2. The molecule has 0 saturated heterocycles. The van der Waals surface area contributed by atoms with Gasteiger partial charge in [-0.25, -0.2) is 4.39 Å². The summed E-state index contributed by atoms with van der Waals surface area (Å²) < 4.78 is 13.2. The fraction of sp³-hybridized carbons (Fsp3) is 0.364. The minimum absolute atomic E-state index is 0.0268. The Bertz CT molecular complexity index is 856. The molecule has 29 heavy (non-hydrogen) atoms. The van der Waals surface area contributed by atoms with Crippen molar-refractivity contribution in [2.75, 3.05) is 6.54 Å². The molecule has 1 atom stereocenters. The molecule has 0 radical (unpaired) electrons. The molecule has 0 heterocycles. The third-order valence-electron chi connectivity index (χ3n) is 4.47. The standard InChI is InChI=1S/C22H25Cl2FN2O2/c1-14(2)12-26-22(29)15(3)27(13-16-4-8-19(25)9-5-16)21(28)10-17-6-7-18(23)11-20(17)24/h4-9,11,14-15H,10,12-13H2,1-3H3,(H,26,29). The first-order valence-electron chi connectivity index (χ1n) is 9.43. The summed E-state index contributed by atoms with van der Waals surface area (Å²) in [5, 5.41) is 3.73. The predicted octanol–water partition coefficient (Wildman–Crippen LogP) is 4.86. The first-order valence-corrected chi connectivity index (χ1v) is 10.2. The Morgan fingerprint density at radius 2 is 1.72 bits per heavy atom. The monoisotopic (exact) mass is 438 g/mol. The predicted molar refractivity (Wildman–Crippen MR) is 114 cm³/mol. The van der Waals surface area contributed by atoms with E-state index in [0.29, 0.717) is 28.1 Å². The van der Waals surface area contributed by atoms with E-state index >= 15 is 0 Å². The number of halogens is 3. The SMILES string of the molecule is CC(C)CNC(=O)C(C)N(Cc1ccc(F)cc1)C(=O)Cc1ccc(Cl)cc1Cl. The van der Waals surface area contributed by atoms with E-state index in [2.05, 4.69) is 5.32 Å². The van der Waals surface area contributed by atoms with Crippen LogP contribution in [0, 0.1) is 11.7 Å². The van der Waals surface area contributed by atoms with Crippen LogP contribution in [0.25, 0.3) is 0 Å². The molecule has 2 amide bonds. The number of nitrogens with zero attached hydrogens (tertiary/aromatic N) is 1. The van der Waals surface area contributed by atoms with Gasteiger partial charge in [-0.2, -0.15) is 0 Å². The van der Waals surface area contributed by atoms with Crippen LogP contribution in [0.1, 0.15) is 31.9 Å². The van der Waals surface area contributed by atoms with Gasteiger partial charge in [-0.15, -0.1) is 0 Å². The van der Waals surface area contributed by atoms with Gasteiger partial charge in [-0.05, 0) is 48.2 Å². The topological polar surface area (TPSA) is 49.4 Å². The van der Waals surface area contributed by atoms with Gasteiger partial charge < -0.3 is 10.2 Å². The van der Waals surface area contributed by atoms with E-state index in [9.17, 15) is 14.0 Å². The molecule has 0 bridgehead atoms. The number of nitrogens with one attached hydrogen (secondary N) is 1. The van der Waals surface area contributed by atoms with E-state index < -0.39 is 6.04 Å². The summed E-state index contributed by atoms with van der Waals surface area (Å²) in [6.07, 6.45) is 0.0268. The van der Waals surface area contributed by atoms with Gasteiger partial charge in [0, 0.05) is 23.1 Å². The zero-order valence-electron chi connectivity index (χ0n) is 16.7. The number of amides is 2. The molecular formula is C22H25Cl2FN2O2. The Morgan fingerprint density at radius 3 is 2.31 bits per heavy atom. The Labute approximate surface area is 181 Å². The molecule has 0 aliphatic heterocycles. The molecule has 4 nitrogen and oxygen atoms in total. The van der Waals surface area contributed by atoms with E-state index in [1.807, 2.05) is 13.8 Å². The highest BCUT2D eigenvalue weighted by molar-refractivity contribution is 6.35. The average molecular weight is 439 g/mol. The molecule has 156 valence electrons. The number of rotatable bonds is 8. The highest BCUT2D eigenvalue weighted by Gasteiger charge is 2.26. The van der Waals surface area contributed by atoms with Crippen molar-refractivity contribution < 1.29 is 14.0 Å². The fourth-order valence-electron chi connectivity index (χ4n) is 2.75. The summed E-state index contributed by atoms with van der Waals surface area (Å²) in [6.45, 7) is 6.37. The normalized spacial score (nSPS) is 12.0. The van der Waals surface area contributed by atoms with Crippen molar-refractivity contribution in [3.8, 4) is 0 Å². The van der Waals surface area contributed by atoms with Gasteiger partial charge in [-0.1, -0.05) is 55.2 Å². The van der Waals surface area contributed by atoms with Gasteiger partial charge in [0.15, 0.2) is 0 Å². The van der Waals surface area contributed by atoms with Gasteiger partial charge in [-0.3, -0.25) is 9.59 Å². The number of hydrogen-bond acceptors (Lipinski definition) is 2. The maximum absolute atomic E-state index is 13.2. The molecule has 0 aliphatic rings. The summed E-state index contributed by atoms with van der Waals surface area (Å²) in [6, 6.07) is 10.1. The van der Waals surface area contributed by atoms with Crippen molar-refractivity contribution in [3.63, 3.8) is 0 Å². The van der Waals surface area contributed by atoms with E-state index in [1.54, 1.807) is 37.3 Å². The van der Waals surface area contributed by atoms with Crippen LogP contribution in [-0.4, -0.2) is 29.3 Å². The van der Waals surface area contributed by atoms with E-state index in [4.69, 9.17) is 23.2 Å². The molecule has 2 aromatic carbocycles. The third kappa shape index (κ3) is 7.02. The van der Waals surface area contributed by atoms with Crippen molar-refractivity contribution in [1.29, 1.82) is 0 Å². The van der Waals surface area contributed by atoms with Gasteiger partial charge in [0.1, 0.15) is 11.9 Å². The fourth-order valence-corrected chi connectivity index (χ4v) is 3.23. The van der Waals surface area contributed by atoms with Crippen molar-refractivity contribution in [2.45, 2.75) is 39.8 Å². The third-order valence-corrected chi connectivity index (χ3v) is 5.06. The summed E-state index contributed by atoms with van der Waals surface area (Å²) in [5.74, 6) is -0.565. The highest BCUT2D eigenvalue weighted by Crippen LogP contribution is 2.22. The van der Waals surface area contributed by atoms with Crippen molar-refractivity contribution in [3.05, 3.63) is 69.5 Å². The average Bonchev–Trinajstić information content (AvgIpc) is 2.67. The Kier molecular flexibility index (Phi) is 8.47. The van der Waals surface area contributed by atoms with Crippen LogP contribution >= 0.6 is 23.2 Å². The summed E-state index contributed by atoms with van der Waals surface area (Å²) in [4.78, 5) is 27.2. The molecule has 7 heteroatoms. The minimum Gasteiger partial charge on any atom is -0.354 e. The first-order chi connectivity index (χ1) is 13.7. The van der Waals surface area contributed by atoms with Crippen LogP contribution in [0.3, 0.4) is 0 Å². The summed E-state index contributed by atoms with van der Waals surface area (Å²) in [5.41, 5.74) is 1.35. The van der Waals surface area contributed by atoms with E-state index in [-0.39, 0.29) is 30.6 Å². The molecule has 2 aromatic rings. The van der Waals surface area contributed by atoms with Crippen LogP contribution in [0.15, 0.2) is 42.5 Å². The molecular weight excluding hydrogens is 414 g/mol. The quantitative estimate of drug-likeness (QED) is 0.639. The lowest BCUT2D eigenvalue weighted by Crippen LogP contribution is -2.48. The molecule has 0 spiro atoms. The highest BCUT2D eigenvalue weighted by atomic mass is 35.5. The molecule has 0 fully saturated rings. The summed E-state index contributed by atoms with van der Waals surface area (Å²) in [7, 11) is 0. The van der Waals surface area contributed by atoms with Crippen LogP contribution < -0.4 is 5.32 Å². The van der Waals surface area contributed by atoms with Gasteiger partial charge >= 0.3 is 0 Å². The van der Waals surface area contributed by atoms with Crippen molar-refractivity contribution >= 4 is 35.0 Å². The lowest BCUT2D eigenvalue weighted by atomic mass is 10.1. The number of hydrogen-bond donors (Lipinski definition) is 1. The lowest BCUT2D eigenvalue weighted by molar-refractivity contribution is -0.140. The second kappa shape index (κ2) is 10.6. The van der Waals surface area contributed by atoms with Crippen molar-refractivity contribution in [2.24, 2.45) is 5.92 Å². The summed E-state index contributed by atoms with van der Waals surface area (Å²) >= 11 is 12.1. The van der Waals surface area contributed by atoms with Crippen LogP contribution in [0.4, 0.5) is 4.39 Å². The number of carbonyl (C=O) groups is 2. The molecule has 0 aliphatic carbocycles. The van der Waals surface area contributed by atoms with Gasteiger partial charge in [0.25, 0.3) is 0 Å². The molecule has 0 saturated carbocycles. The lowest BCUT2D eigenvalue weighted by Gasteiger charge is -2.29. The first kappa shape index (κ1) is 23.2. The molecule has 1 N–H and O–H groups in total. The molecule has 0 aromatic heterocycles. The number of carbonyl (C=O) groups excluding carboxylic acids is 2. The van der Waals surface area contributed by atoms with Gasteiger partial charge in [0.2, 0.25) is 11.8 Å². The smallest absolute Gasteiger partial charge is 0.242 e. The maximum atomic E-state index is 13.2.